The molecule has 0 unspecified atom stereocenters. The van der Waals surface area contributed by atoms with E-state index < -0.39 is 0 Å². The number of ether oxygens (including phenoxy) is 2. The fraction of sp³-hybridized carbons (Fsp3) is 0.238. The highest BCUT2D eigenvalue weighted by Crippen LogP contribution is 2.32. The highest BCUT2D eigenvalue weighted by atomic mass is 35.5. The fourth-order valence-corrected chi connectivity index (χ4v) is 4.10. The predicted octanol–water partition coefficient (Wildman–Crippen LogP) is 5.41. The van der Waals surface area contributed by atoms with Crippen molar-refractivity contribution in [2.24, 2.45) is 0 Å². The van der Waals surface area contributed by atoms with E-state index in [1.807, 2.05) is 49.4 Å². The number of benzene rings is 2. The Morgan fingerprint density at radius 3 is 2.50 bits per heavy atom. The normalized spacial score (nSPS) is 15.4. The van der Waals surface area contributed by atoms with Crippen LogP contribution >= 0.6 is 35.6 Å². The van der Waals surface area contributed by atoms with Gasteiger partial charge < -0.3 is 9.47 Å². The van der Waals surface area contributed by atoms with Crippen LogP contribution < -0.4 is 9.47 Å². The van der Waals surface area contributed by atoms with Crippen LogP contribution in [0, 0.1) is 0 Å². The maximum absolute atomic E-state index is 12.3. The van der Waals surface area contributed by atoms with Crippen LogP contribution in [0.15, 0.2) is 53.4 Å². The van der Waals surface area contributed by atoms with E-state index >= 15 is 0 Å². The molecule has 1 amide bonds. The van der Waals surface area contributed by atoms with E-state index in [-0.39, 0.29) is 5.91 Å². The summed E-state index contributed by atoms with van der Waals surface area (Å²) in [5, 5.41) is 0.687. The zero-order valence-electron chi connectivity index (χ0n) is 15.4. The Hall–Kier alpha value is -2.02. The summed E-state index contributed by atoms with van der Waals surface area (Å²) >= 11 is 12.4. The minimum atomic E-state index is -0.0387. The van der Waals surface area contributed by atoms with Crippen molar-refractivity contribution < 1.29 is 14.3 Å². The molecule has 146 valence electrons. The van der Waals surface area contributed by atoms with Crippen LogP contribution in [-0.4, -0.2) is 34.9 Å². The van der Waals surface area contributed by atoms with E-state index in [0.717, 1.165) is 23.5 Å². The van der Waals surface area contributed by atoms with Gasteiger partial charge in [-0.1, -0.05) is 47.7 Å². The van der Waals surface area contributed by atoms with E-state index in [0.29, 0.717) is 34.0 Å². The van der Waals surface area contributed by atoms with Gasteiger partial charge in [-0.2, -0.15) is 0 Å². The molecule has 0 atom stereocenters. The van der Waals surface area contributed by atoms with E-state index in [1.165, 1.54) is 11.8 Å². The maximum atomic E-state index is 12.3. The van der Waals surface area contributed by atoms with E-state index in [4.69, 9.17) is 33.3 Å². The number of carbonyl (C=O) groups is 1. The van der Waals surface area contributed by atoms with E-state index in [1.54, 1.807) is 17.0 Å². The molecule has 0 spiro atoms. The lowest BCUT2D eigenvalue weighted by Crippen LogP contribution is -2.27. The lowest BCUT2D eigenvalue weighted by Gasteiger charge is -2.10. The minimum absolute atomic E-state index is 0.0387. The van der Waals surface area contributed by atoms with Gasteiger partial charge in [0, 0.05) is 18.0 Å². The number of thioether (sulfide) groups is 1. The summed E-state index contributed by atoms with van der Waals surface area (Å²) in [7, 11) is 0. The Labute approximate surface area is 179 Å². The van der Waals surface area contributed by atoms with Crippen LogP contribution in [0.2, 0.25) is 5.02 Å². The lowest BCUT2D eigenvalue weighted by atomic mass is 10.2. The van der Waals surface area contributed by atoms with Crippen molar-refractivity contribution in [3.8, 4) is 11.5 Å². The molecule has 1 heterocycles. The summed E-state index contributed by atoms with van der Waals surface area (Å²) < 4.78 is 12.1. The standard InChI is InChI=1S/C21H20ClNO3S2/c1-2-23-20(24)19(28-21(23)27)14-15-5-3-6-18(13-15)26-12-4-11-25-17-9-7-16(22)8-10-17/h3,5-10,13-14H,2,4,11-12H2,1H3/b19-14-. The first kappa shape index (κ1) is 20.7. The third-order valence-corrected chi connectivity index (χ3v) is 5.62. The Morgan fingerprint density at radius 1 is 1.11 bits per heavy atom. The largest absolute Gasteiger partial charge is 0.493 e. The monoisotopic (exact) mass is 433 g/mol. The zero-order valence-corrected chi connectivity index (χ0v) is 17.8. The van der Waals surface area contributed by atoms with Crippen molar-refractivity contribution in [3.63, 3.8) is 0 Å². The van der Waals surface area contributed by atoms with Crippen LogP contribution in [0.25, 0.3) is 6.08 Å². The predicted molar refractivity (Wildman–Crippen MR) is 119 cm³/mol. The molecule has 1 saturated heterocycles. The minimum Gasteiger partial charge on any atom is -0.493 e. The highest BCUT2D eigenvalue weighted by molar-refractivity contribution is 8.26. The average molecular weight is 434 g/mol. The Kier molecular flexibility index (Phi) is 7.36. The van der Waals surface area contributed by atoms with Crippen LogP contribution in [0.1, 0.15) is 18.9 Å². The van der Waals surface area contributed by atoms with Crippen LogP contribution in [0.5, 0.6) is 11.5 Å². The number of hydrogen-bond acceptors (Lipinski definition) is 5. The Balaban J connectivity index is 1.50. The molecule has 0 radical (unpaired) electrons. The topological polar surface area (TPSA) is 38.8 Å². The number of halogens is 1. The smallest absolute Gasteiger partial charge is 0.266 e. The van der Waals surface area contributed by atoms with Gasteiger partial charge >= 0.3 is 0 Å². The summed E-state index contributed by atoms with van der Waals surface area (Å²) in [6.45, 7) is 3.60. The van der Waals surface area contributed by atoms with Gasteiger partial charge in [0.1, 0.15) is 15.8 Å². The van der Waals surface area contributed by atoms with Crippen molar-refractivity contribution in [2.75, 3.05) is 19.8 Å². The molecular weight excluding hydrogens is 414 g/mol. The molecule has 4 nitrogen and oxygen atoms in total. The molecule has 0 aromatic heterocycles. The van der Waals surface area contributed by atoms with Gasteiger partial charge in [-0.25, -0.2) is 0 Å². The van der Waals surface area contributed by atoms with Gasteiger partial charge in [0.15, 0.2) is 0 Å². The summed E-state index contributed by atoms with van der Waals surface area (Å²) in [6.07, 6.45) is 2.60. The zero-order chi connectivity index (χ0) is 19.9. The highest BCUT2D eigenvalue weighted by Gasteiger charge is 2.30. The third kappa shape index (κ3) is 5.50. The summed E-state index contributed by atoms with van der Waals surface area (Å²) in [4.78, 5) is 14.6. The molecule has 7 heteroatoms. The molecule has 1 fully saturated rings. The van der Waals surface area contributed by atoms with Gasteiger partial charge in [-0.15, -0.1) is 0 Å². The fourth-order valence-electron chi connectivity index (χ4n) is 2.59. The van der Waals surface area contributed by atoms with Crippen LogP contribution in [0.4, 0.5) is 0 Å². The average Bonchev–Trinajstić information content (AvgIpc) is 2.96. The number of likely N-dealkylation sites (N-methyl/N-ethyl adjacent to an activating group) is 1. The molecule has 1 aliphatic rings. The number of nitrogens with zero attached hydrogens (tertiary/aromatic N) is 1. The molecule has 2 aromatic rings. The second kappa shape index (κ2) is 9.96. The molecule has 28 heavy (non-hydrogen) atoms. The van der Waals surface area contributed by atoms with Crippen LogP contribution in [-0.2, 0) is 4.79 Å². The van der Waals surface area contributed by atoms with Crippen molar-refractivity contribution in [2.45, 2.75) is 13.3 Å². The number of carbonyl (C=O) groups excluding carboxylic acids is 1. The first-order valence-electron chi connectivity index (χ1n) is 8.93. The number of thiocarbonyl (C=S) groups is 1. The molecule has 0 bridgehead atoms. The lowest BCUT2D eigenvalue weighted by molar-refractivity contribution is -0.121. The Morgan fingerprint density at radius 2 is 1.82 bits per heavy atom. The van der Waals surface area contributed by atoms with Crippen molar-refractivity contribution in [1.82, 2.24) is 4.90 Å². The second-order valence-electron chi connectivity index (χ2n) is 6.00. The first-order valence-corrected chi connectivity index (χ1v) is 10.5. The van der Waals surface area contributed by atoms with Gasteiger partial charge in [0.2, 0.25) is 0 Å². The van der Waals surface area contributed by atoms with Crippen molar-refractivity contribution >= 4 is 51.9 Å². The van der Waals surface area contributed by atoms with Gasteiger partial charge in [-0.3, -0.25) is 9.69 Å². The summed E-state index contributed by atoms with van der Waals surface area (Å²) in [6, 6.07) is 14.9. The number of hydrogen-bond donors (Lipinski definition) is 0. The summed E-state index contributed by atoms with van der Waals surface area (Å²) in [5.41, 5.74) is 0.909. The molecular formula is C21H20ClNO3S2. The molecule has 0 aliphatic carbocycles. The third-order valence-electron chi connectivity index (χ3n) is 3.99. The first-order chi connectivity index (χ1) is 13.6. The second-order valence-corrected chi connectivity index (χ2v) is 8.12. The summed E-state index contributed by atoms with van der Waals surface area (Å²) in [5.74, 6) is 1.50. The van der Waals surface area contributed by atoms with Crippen molar-refractivity contribution in [1.29, 1.82) is 0 Å². The van der Waals surface area contributed by atoms with Crippen molar-refractivity contribution in [3.05, 3.63) is 64.0 Å². The molecule has 3 rings (SSSR count). The SMILES string of the molecule is CCN1C(=O)/C(=C/c2cccc(OCCCOc3ccc(Cl)cc3)c2)SC1=S. The Bertz CT molecular complexity index is 883. The number of amides is 1. The van der Waals surface area contributed by atoms with Crippen LogP contribution in [0.3, 0.4) is 0 Å². The molecule has 0 N–H and O–H groups in total. The molecule has 1 aliphatic heterocycles. The van der Waals surface area contributed by atoms with E-state index in [9.17, 15) is 4.79 Å². The van der Waals surface area contributed by atoms with E-state index in [2.05, 4.69) is 0 Å². The van der Waals surface area contributed by atoms with Gasteiger partial charge in [0.25, 0.3) is 5.91 Å². The molecule has 0 saturated carbocycles. The maximum Gasteiger partial charge on any atom is 0.266 e. The quantitative estimate of drug-likeness (QED) is 0.316. The van der Waals surface area contributed by atoms with Gasteiger partial charge in [-0.05, 0) is 55.0 Å². The number of rotatable bonds is 8. The van der Waals surface area contributed by atoms with Gasteiger partial charge in [0.05, 0.1) is 18.1 Å². The molecule has 2 aromatic carbocycles.